The topological polar surface area (TPSA) is 113 Å². The number of carbonyl (C=O) groups excluding carboxylic acids is 3. The van der Waals surface area contributed by atoms with Crippen molar-refractivity contribution in [3.8, 4) is 11.5 Å². The normalized spacial score (nSPS) is 20.4. The molecule has 0 saturated carbocycles. The van der Waals surface area contributed by atoms with Crippen LogP contribution in [0.2, 0.25) is 0 Å². The molecule has 2 aliphatic heterocycles. The highest BCUT2D eigenvalue weighted by atomic mass is 16.5. The zero-order chi connectivity index (χ0) is 28.0. The summed E-state index contributed by atoms with van der Waals surface area (Å²) in [6.07, 6.45) is 0. The van der Waals surface area contributed by atoms with Gasteiger partial charge in [-0.05, 0) is 46.8 Å². The molecule has 1 aromatic rings. The Morgan fingerprint density at radius 2 is 1.89 bits per heavy atom. The van der Waals surface area contributed by atoms with Crippen molar-refractivity contribution in [2.75, 3.05) is 53.6 Å². The maximum Gasteiger partial charge on any atom is 0.338 e. The second-order valence-electron chi connectivity index (χ2n) is 9.70. The second kappa shape index (κ2) is 12.9. The monoisotopic (exact) mass is 531 g/mol. The van der Waals surface area contributed by atoms with E-state index in [1.807, 2.05) is 32.6 Å². The Morgan fingerprint density at radius 1 is 1.16 bits per heavy atom. The first-order valence-corrected chi connectivity index (χ1v) is 13.1. The number of nitrogens with zero attached hydrogens (tertiary/aromatic N) is 3. The number of nitrogens with one attached hydrogen (secondary N) is 2. The number of amides is 4. The van der Waals surface area contributed by atoms with Crippen LogP contribution in [0.15, 0.2) is 29.5 Å². The van der Waals surface area contributed by atoms with Gasteiger partial charge in [0.05, 0.1) is 32.4 Å². The summed E-state index contributed by atoms with van der Waals surface area (Å²) in [6, 6.07) is 4.13. The van der Waals surface area contributed by atoms with Gasteiger partial charge >= 0.3 is 18.0 Å². The molecule has 210 valence electrons. The standard InChI is InChI=1S/C27H41N5O6/c1-8-31-21(16-30-12-13-32(18(5)15-30)26(34)28-17(3)4)23(25(33)38-9-2)24(29-27(31)35)20-11-10-19(36-6)14-22(20)37-7/h10-11,14,17-18,24H,8-9,12-13,15-16H2,1-7H3,(H,28,34)(H,29,35)/t18-,24-/m1/s1. The molecule has 38 heavy (non-hydrogen) atoms. The van der Waals surface area contributed by atoms with Gasteiger partial charge in [-0.25, -0.2) is 14.4 Å². The van der Waals surface area contributed by atoms with Gasteiger partial charge in [-0.1, -0.05) is 0 Å². The Kier molecular flexibility index (Phi) is 9.84. The van der Waals surface area contributed by atoms with E-state index < -0.39 is 12.0 Å². The lowest BCUT2D eigenvalue weighted by Crippen LogP contribution is -2.58. The molecule has 2 atom stereocenters. The van der Waals surface area contributed by atoms with E-state index in [0.29, 0.717) is 61.1 Å². The number of benzene rings is 1. The molecule has 2 aliphatic rings. The summed E-state index contributed by atoms with van der Waals surface area (Å²) in [7, 11) is 3.09. The molecule has 1 saturated heterocycles. The number of esters is 1. The number of rotatable bonds is 9. The van der Waals surface area contributed by atoms with E-state index in [-0.39, 0.29) is 30.8 Å². The molecular weight excluding hydrogens is 490 g/mol. The minimum atomic E-state index is -0.768. The Hall–Kier alpha value is -3.47. The van der Waals surface area contributed by atoms with Crippen molar-refractivity contribution in [3.05, 3.63) is 35.0 Å². The molecule has 0 aromatic heterocycles. The molecule has 0 aliphatic carbocycles. The van der Waals surface area contributed by atoms with E-state index in [1.165, 1.54) is 7.11 Å². The third-order valence-electron chi connectivity index (χ3n) is 6.76. The van der Waals surface area contributed by atoms with Crippen molar-refractivity contribution >= 4 is 18.0 Å². The first kappa shape index (κ1) is 29.1. The van der Waals surface area contributed by atoms with Gasteiger partial charge in [0.2, 0.25) is 0 Å². The molecule has 11 heteroatoms. The van der Waals surface area contributed by atoms with Crippen molar-refractivity contribution in [1.82, 2.24) is 25.3 Å². The number of carbonyl (C=O) groups is 3. The van der Waals surface area contributed by atoms with Crippen LogP contribution in [0.1, 0.15) is 46.2 Å². The number of urea groups is 2. The molecule has 2 N–H and O–H groups in total. The Labute approximate surface area is 225 Å². The highest BCUT2D eigenvalue weighted by molar-refractivity contribution is 5.95. The van der Waals surface area contributed by atoms with Gasteiger partial charge < -0.3 is 29.7 Å². The van der Waals surface area contributed by atoms with Gasteiger partial charge in [-0.2, -0.15) is 0 Å². The molecule has 1 fully saturated rings. The van der Waals surface area contributed by atoms with Crippen molar-refractivity contribution in [1.29, 1.82) is 0 Å². The van der Waals surface area contributed by atoms with Crippen LogP contribution in [0.3, 0.4) is 0 Å². The maximum atomic E-state index is 13.4. The minimum Gasteiger partial charge on any atom is -0.497 e. The Balaban J connectivity index is 2.01. The van der Waals surface area contributed by atoms with Gasteiger partial charge in [0.1, 0.15) is 11.5 Å². The SMILES string of the molecule is CCOC(=O)C1=C(CN2CCN(C(=O)NC(C)C)[C@H](C)C2)N(CC)C(=O)N[C@@H]1c1ccc(OC)cc1OC. The first-order chi connectivity index (χ1) is 18.1. The Bertz CT molecular complexity index is 1060. The highest BCUT2D eigenvalue weighted by Gasteiger charge is 2.40. The number of hydrogen-bond donors (Lipinski definition) is 2. The fourth-order valence-corrected chi connectivity index (χ4v) is 4.97. The van der Waals surface area contributed by atoms with Crippen LogP contribution in [0.25, 0.3) is 0 Å². The Morgan fingerprint density at radius 3 is 2.47 bits per heavy atom. The van der Waals surface area contributed by atoms with Gasteiger partial charge in [0.25, 0.3) is 0 Å². The molecule has 11 nitrogen and oxygen atoms in total. The summed E-state index contributed by atoms with van der Waals surface area (Å²) in [4.78, 5) is 44.9. The lowest BCUT2D eigenvalue weighted by atomic mass is 9.93. The quantitative estimate of drug-likeness (QED) is 0.471. The summed E-state index contributed by atoms with van der Waals surface area (Å²) in [5.41, 5.74) is 1.58. The van der Waals surface area contributed by atoms with Crippen molar-refractivity contribution in [3.63, 3.8) is 0 Å². The van der Waals surface area contributed by atoms with Crippen LogP contribution in [-0.2, 0) is 9.53 Å². The lowest BCUT2D eigenvalue weighted by molar-refractivity contribution is -0.139. The summed E-state index contributed by atoms with van der Waals surface area (Å²) < 4.78 is 16.4. The number of hydrogen-bond acceptors (Lipinski definition) is 7. The number of ether oxygens (including phenoxy) is 3. The zero-order valence-electron chi connectivity index (χ0n) is 23.5. The molecule has 0 radical (unpaired) electrons. The van der Waals surface area contributed by atoms with E-state index in [9.17, 15) is 14.4 Å². The lowest BCUT2D eigenvalue weighted by Gasteiger charge is -2.43. The van der Waals surface area contributed by atoms with Crippen LogP contribution < -0.4 is 20.1 Å². The maximum absolute atomic E-state index is 13.4. The van der Waals surface area contributed by atoms with Gasteiger partial charge in [0, 0.05) is 62.1 Å². The van der Waals surface area contributed by atoms with Crippen LogP contribution in [-0.4, -0.2) is 98.4 Å². The van der Waals surface area contributed by atoms with E-state index >= 15 is 0 Å². The van der Waals surface area contributed by atoms with Crippen molar-refractivity contribution < 1.29 is 28.6 Å². The highest BCUT2D eigenvalue weighted by Crippen LogP contribution is 2.38. The number of methoxy groups -OCH3 is 2. The van der Waals surface area contributed by atoms with E-state index in [4.69, 9.17) is 14.2 Å². The van der Waals surface area contributed by atoms with Crippen LogP contribution in [0.4, 0.5) is 9.59 Å². The molecule has 2 heterocycles. The van der Waals surface area contributed by atoms with E-state index in [0.717, 1.165) is 0 Å². The molecule has 1 aromatic carbocycles. The number of piperazine rings is 1. The third-order valence-corrected chi connectivity index (χ3v) is 6.76. The van der Waals surface area contributed by atoms with Crippen LogP contribution >= 0.6 is 0 Å². The predicted molar refractivity (Wildman–Crippen MR) is 143 cm³/mol. The van der Waals surface area contributed by atoms with Crippen molar-refractivity contribution in [2.45, 2.75) is 52.7 Å². The molecule has 3 rings (SSSR count). The van der Waals surface area contributed by atoms with Gasteiger partial charge in [-0.3, -0.25) is 9.80 Å². The fraction of sp³-hybridized carbons (Fsp3) is 0.593. The molecule has 0 spiro atoms. The summed E-state index contributed by atoms with van der Waals surface area (Å²) in [6.45, 7) is 12.2. The fourth-order valence-electron chi connectivity index (χ4n) is 4.97. The summed E-state index contributed by atoms with van der Waals surface area (Å²) in [5, 5.41) is 5.94. The third kappa shape index (κ3) is 6.32. The average molecular weight is 532 g/mol. The molecule has 0 unspecified atom stereocenters. The van der Waals surface area contributed by atoms with E-state index in [2.05, 4.69) is 15.5 Å². The smallest absolute Gasteiger partial charge is 0.338 e. The van der Waals surface area contributed by atoms with E-state index in [1.54, 1.807) is 37.1 Å². The molecular formula is C27H41N5O6. The molecule has 0 bridgehead atoms. The zero-order valence-corrected chi connectivity index (χ0v) is 23.5. The van der Waals surface area contributed by atoms with Gasteiger partial charge in [0.15, 0.2) is 0 Å². The average Bonchev–Trinajstić information content (AvgIpc) is 2.87. The largest absolute Gasteiger partial charge is 0.497 e. The minimum absolute atomic E-state index is 0.0425. The van der Waals surface area contributed by atoms with Crippen LogP contribution in [0, 0.1) is 0 Å². The van der Waals surface area contributed by atoms with Crippen LogP contribution in [0.5, 0.6) is 11.5 Å². The van der Waals surface area contributed by atoms with Gasteiger partial charge in [-0.15, -0.1) is 0 Å². The number of likely N-dealkylation sites (N-methyl/N-ethyl adjacent to an activating group) is 1. The predicted octanol–water partition coefficient (Wildman–Crippen LogP) is 2.73. The first-order valence-electron chi connectivity index (χ1n) is 13.1. The molecule has 4 amide bonds. The van der Waals surface area contributed by atoms with Crippen molar-refractivity contribution in [2.24, 2.45) is 0 Å². The summed E-state index contributed by atoms with van der Waals surface area (Å²) >= 11 is 0. The second-order valence-corrected chi connectivity index (χ2v) is 9.70. The summed E-state index contributed by atoms with van der Waals surface area (Å²) in [5.74, 6) is 0.587.